The van der Waals surface area contributed by atoms with Crippen molar-refractivity contribution in [2.45, 2.75) is 44.0 Å². The zero-order chi connectivity index (χ0) is 30.6. The van der Waals surface area contributed by atoms with Crippen LogP contribution in [0.25, 0.3) is 27.8 Å². The lowest BCUT2D eigenvalue weighted by Crippen LogP contribution is -2.36. The molecule has 1 aliphatic carbocycles. The number of fused-ring (bicyclic) bond motifs is 2. The average molecular weight is 605 g/mol. The van der Waals surface area contributed by atoms with Crippen LogP contribution in [-0.4, -0.2) is 56.1 Å². The number of rotatable bonds is 6. The van der Waals surface area contributed by atoms with Crippen molar-refractivity contribution in [1.29, 1.82) is 0 Å². The Morgan fingerprint density at radius 1 is 1.02 bits per heavy atom. The number of nitrogens with one attached hydrogen (secondary N) is 2. The Morgan fingerprint density at radius 2 is 1.82 bits per heavy atom. The number of amides is 2. The van der Waals surface area contributed by atoms with Gasteiger partial charge in [0.15, 0.2) is 5.65 Å². The molecule has 2 aliphatic rings. The predicted octanol–water partition coefficient (Wildman–Crippen LogP) is 6.40. The molecule has 10 nitrogen and oxygen atoms in total. The summed E-state index contributed by atoms with van der Waals surface area (Å²) in [5.74, 6) is 0.180. The SMILES string of the molecule is CN1CCC(Oc2ccc(NC(=O)Nc3ccc(-c4cn(C5CC5)c5ccnc(N)c45)n4ccnc34)cc2C(F)(F)F)CC1. The van der Waals surface area contributed by atoms with Gasteiger partial charge in [0, 0.05) is 55.2 Å². The minimum atomic E-state index is -4.66. The normalized spacial score (nSPS) is 16.5. The third kappa shape index (κ3) is 5.27. The Hall–Kier alpha value is -4.78. The topological polar surface area (TPSA) is 115 Å². The maximum atomic E-state index is 14.0. The Labute approximate surface area is 250 Å². The summed E-state index contributed by atoms with van der Waals surface area (Å²) in [5, 5.41) is 6.09. The number of alkyl halides is 3. The van der Waals surface area contributed by atoms with E-state index >= 15 is 0 Å². The number of hydrogen-bond donors (Lipinski definition) is 3. The number of likely N-dealkylation sites (tertiary alicyclic amines) is 1. The van der Waals surface area contributed by atoms with Gasteiger partial charge in [0.25, 0.3) is 0 Å². The van der Waals surface area contributed by atoms with Gasteiger partial charge in [-0.1, -0.05) is 0 Å². The first-order valence-corrected chi connectivity index (χ1v) is 14.5. The van der Waals surface area contributed by atoms with Gasteiger partial charge < -0.3 is 30.6 Å². The van der Waals surface area contributed by atoms with E-state index in [2.05, 4.69) is 36.3 Å². The molecule has 4 N–H and O–H groups in total. The number of hydrogen-bond acceptors (Lipinski definition) is 6. The Morgan fingerprint density at radius 3 is 2.57 bits per heavy atom. The fourth-order valence-corrected chi connectivity index (χ4v) is 5.91. The first-order valence-electron chi connectivity index (χ1n) is 14.5. The molecular formula is C31H31F3N8O2. The lowest BCUT2D eigenvalue weighted by Gasteiger charge is -2.30. The Kier molecular flexibility index (Phi) is 6.84. The number of nitrogen functional groups attached to an aromatic ring is 1. The van der Waals surface area contributed by atoms with Crippen molar-refractivity contribution in [1.82, 2.24) is 23.8 Å². The molecule has 1 aliphatic heterocycles. The number of carbonyl (C=O) groups is 1. The van der Waals surface area contributed by atoms with Crippen LogP contribution in [0.3, 0.4) is 0 Å². The molecule has 44 heavy (non-hydrogen) atoms. The van der Waals surface area contributed by atoms with Crippen molar-refractivity contribution in [2.24, 2.45) is 0 Å². The minimum Gasteiger partial charge on any atom is -0.490 e. The molecule has 1 aromatic carbocycles. The number of nitrogens with zero attached hydrogens (tertiary/aromatic N) is 5. The van der Waals surface area contributed by atoms with E-state index in [9.17, 15) is 18.0 Å². The molecule has 0 bridgehead atoms. The van der Waals surface area contributed by atoms with E-state index in [0.29, 0.717) is 36.0 Å². The van der Waals surface area contributed by atoms with Gasteiger partial charge in [-0.3, -0.25) is 4.40 Å². The summed E-state index contributed by atoms with van der Waals surface area (Å²) in [5.41, 5.74) is 8.91. The van der Waals surface area contributed by atoms with E-state index in [-0.39, 0.29) is 17.5 Å². The number of carbonyl (C=O) groups excluding carboxylic acids is 1. The molecule has 5 heterocycles. The van der Waals surface area contributed by atoms with E-state index in [4.69, 9.17) is 10.5 Å². The maximum Gasteiger partial charge on any atom is 0.420 e. The van der Waals surface area contributed by atoms with Crippen molar-refractivity contribution in [3.8, 4) is 17.0 Å². The standard InChI is InChI=1S/C31H31F3N8O2/c1-40-13-9-20(10-14-40)44-26-7-2-18(16-22(26)31(32,33)34)38-30(43)39-23-5-6-24(41-15-12-37-29(23)41)21-17-42(19-3-4-19)25-8-11-36-28(35)27(21)25/h2,5-8,11-12,15-17,19-20H,3-4,9-10,13-14H2,1H3,(H2,35,36)(H2,38,39,43). The van der Waals surface area contributed by atoms with Crippen molar-refractivity contribution in [2.75, 3.05) is 36.5 Å². The molecule has 228 valence electrons. The van der Waals surface area contributed by atoms with Gasteiger partial charge in [0.05, 0.1) is 27.8 Å². The van der Waals surface area contributed by atoms with Crippen LogP contribution in [0.4, 0.5) is 35.2 Å². The van der Waals surface area contributed by atoms with Gasteiger partial charge in [-0.2, -0.15) is 13.2 Å². The lowest BCUT2D eigenvalue weighted by molar-refractivity contribution is -0.139. The number of ether oxygens (including phenoxy) is 1. The molecule has 7 rings (SSSR count). The molecule has 0 radical (unpaired) electrons. The summed E-state index contributed by atoms with van der Waals surface area (Å²) in [4.78, 5) is 23.9. The number of urea groups is 1. The van der Waals surface area contributed by atoms with Gasteiger partial charge >= 0.3 is 12.2 Å². The van der Waals surface area contributed by atoms with Gasteiger partial charge in [-0.25, -0.2) is 14.8 Å². The fourth-order valence-electron chi connectivity index (χ4n) is 5.91. The number of pyridine rings is 2. The van der Waals surface area contributed by atoms with Gasteiger partial charge in [-0.15, -0.1) is 0 Å². The van der Waals surface area contributed by atoms with Crippen LogP contribution in [0.15, 0.2) is 61.2 Å². The number of halogens is 3. The van der Waals surface area contributed by atoms with Crippen LogP contribution in [0.2, 0.25) is 0 Å². The summed E-state index contributed by atoms with van der Waals surface area (Å²) in [6.07, 6.45) is 5.70. The minimum absolute atomic E-state index is 0.0163. The van der Waals surface area contributed by atoms with Crippen LogP contribution in [0.1, 0.15) is 37.3 Å². The zero-order valence-corrected chi connectivity index (χ0v) is 23.9. The van der Waals surface area contributed by atoms with Crippen molar-refractivity contribution in [3.05, 3.63) is 66.7 Å². The molecule has 4 aromatic heterocycles. The highest BCUT2D eigenvalue weighted by Gasteiger charge is 2.36. The maximum absolute atomic E-state index is 14.0. The second-order valence-electron chi connectivity index (χ2n) is 11.4. The molecule has 0 unspecified atom stereocenters. The molecule has 0 spiro atoms. The monoisotopic (exact) mass is 604 g/mol. The molecular weight excluding hydrogens is 573 g/mol. The third-order valence-corrected chi connectivity index (χ3v) is 8.29. The van der Waals surface area contributed by atoms with E-state index in [1.54, 1.807) is 24.7 Å². The van der Waals surface area contributed by atoms with Crippen molar-refractivity contribution < 1.29 is 22.7 Å². The number of aromatic nitrogens is 4. The highest BCUT2D eigenvalue weighted by molar-refractivity contribution is 6.04. The van der Waals surface area contributed by atoms with E-state index < -0.39 is 17.8 Å². The summed E-state index contributed by atoms with van der Waals surface area (Å²) in [6, 6.07) is 8.78. The largest absolute Gasteiger partial charge is 0.490 e. The first kappa shape index (κ1) is 28.0. The molecule has 5 aromatic rings. The number of anilines is 3. The highest BCUT2D eigenvalue weighted by Crippen LogP contribution is 2.43. The number of imidazole rings is 1. The first-order chi connectivity index (χ1) is 21.2. The van der Waals surface area contributed by atoms with Crippen LogP contribution < -0.4 is 21.1 Å². The quantitative estimate of drug-likeness (QED) is 0.207. The van der Waals surface area contributed by atoms with E-state index in [1.165, 1.54) is 12.1 Å². The smallest absolute Gasteiger partial charge is 0.420 e. The van der Waals surface area contributed by atoms with Crippen molar-refractivity contribution >= 4 is 39.8 Å². The third-order valence-electron chi connectivity index (χ3n) is 8.29. The molecule has 1 saturated carbocycles. The zero-order valence-electron chi connectivity index (χ0n) is 23.9. The van der Waals surface area contributed by atoms with Crippen LogP contribution in [0.5, 0.6) is 5.75 Å². The summed E-state index contributed by atoms with van der Waals surface area (Å²) in [6.45, 7) is 1.51. The van der Waals surface area contributed by atoms with Gasteiger partial charge in [-0.05, 0) is 69.1 Å². The average Bonchev–Trinajstić information content (AvgIpc) is 3.56. The number of benzene rings is 1. The highest BCUT2D eigenvalue weighted by atomic mass is 19.4. The predicted molar refractivity (Wildman–Crippen MR) is 162 cm³/mol. The van der Waals surface area contributed by atoms with Crippen molar-refractivity contribution in [3.63, 3.8) is 0 Å². The second kappa shape index (κ2) is 10.7. The van der Waals surface area contributed by atoms with Crippen LogP contribution >= 0.6 is 0 Å². The molecule has 1 saturated heterocycles. The fraction of sp³-hybridized carbons (Fsp3) is 0.323. The van der Waals surface area contributed by atoms with Gasteiger partial charge in [0.1, 0.15) is 17.7 Å². The summed E-state index contributed by atoms with van der Waals surface area (Å²) in [7, 11) is 1.97. The molecule has 13 heteroatoms. The molecule has 2 fully saturated rings. The van der Waals surface area contributed by atoms with E-state index in [0.717, 1.165) is 54.2 Å². The lowest BCUT2D eigenvalue weighted by atomic mass is 10.1. The van der Waals surface area contributed by atoms with Crippen LogP contribution in [-0.2, 0) is 6.18 Å². The number of piperidine rings is 1. The van der Waals surface area contributed by atoms with Gasteiger partial charge in [0.2, 0.25) is 0 Å². The second-order valence-corrected chi connectivity index (χ2v) is 11.4. The summed E-state index contributed by atoms with van der Waals surface area (Å²) < 4.78 is 51.8. The number of nitrogens with two attached hydrogens (primary N) is 1. The van der Waals surface area contributed by atoms with Crippen LogP contribution in [0, 0.1) is 0 Å². The Bertz CT molecular complexity index is 1870. The Balaban J connectivity index is 1.13. The van der Waals surface area contributed by atoms with E-state index in [1.807, 2.05) is 23.6 Å². The molecule has 2 amide bonds. The molecule has 0 atom stereocenters. The summed E-state index contributed by atoms with van der Waals surface area (Å²) >= 11 is 0.